The van der Waals surface area contributed by atoms with Crippen molar-refractivity contribution in [3.05, 3.63) is 24.3 Å². The van der Waals surface area contributed by atoms with Crippen LogP contribution in [0.15, 0.2) is 24.3 Å². The molecule has 0 aromatic carbocycles. The van der Waals surface area contributed by atoms with E-state index in [4.69, 9.17) is 12.6 Å². The van der Waals surface area contributed by atoms with Crippen molar-refractivity contribution < 1.29 is 0 Å². The molecule has 2 heteroatoms. The summed E-state index contributed by atoms with van der Waals surface area (Å²) in [4.78, 5) is 0. The normalized spacial score (nSPS) is 12.7. The molecule has 0 aromatic heterocycles. The second kappa shape index (κ2) is 4.91. The summed E-state index contributed by atoms with van der Waals surface area (Å²) >= 11 is 6.81. The summed E-state index contributed by atoms with van der Waals surface area (Å²) in [5.41, 5.74) is 2.22. The number of hydrogen-bond donors (Lipinski definition) is 0. The van der Waals surface area contributed by atoms with Gasteiger partial charge in [0.15, 0.2) is 0 Å². The maximum Gasteiger partial charge on any atom is 0.0813 e. The molecule has 0 amide bonds. The summed E-state index contributed by atoms with van der Waals surface area (Å²) < 4.78 is 0.150. The first-order valence-electron chi connectivity index (χ1n) is 3.11. The van der Waals surface area contributed by atoms with Crippen LogP contribution >= 0.6 is 24.4 Å². The molecule has 0 aliphatic carbocycles. The van der Waals surface area contributed by atoms with Crippen LogP contribution in [0.2, 0.25) is 0 Å². The van der Waals surface area contributed by atoms with Gasteiger partial charge in [0.1, 0.15) is 0 Å². The van der Waals surface area contributed by atoms with E-state index in [1.54, 1.807) is 11.8 Å². The number of hydrogen-bond acceptors (Lipinski definition) is 1. The van der Waals surface area contributed by atoms with Gasteiger partial charge in [0.05, 0.1) is 4.58 Å². The molecule has 0 aliphatic heterocycles. The van der Waals surface area contributed by atoms with Gasteiger partial charge < -0.3 is 0 Å². The third-order valence-electron chi connectivity index (χ3n) is 0.883. The molecular formula is C8H13S2. The maximum absolute atomic E-state index is 5.10. The van der Waals surface area contributed by atoms with E-state index in [1.807, 2.05) is 13.8 Å². The molecule has 0 saturated heterocycles. The van der Waals surface area contributed by atoms with Gasteiger partial charge >= 0.3 is 0 Å². The number of rotatable bonds is 4. The molecule has 0 fully saturated rings. The first kappa shape index (κ1) is 10.2. The van der Waals surface area contributed by atoms with Crippen molar-refractivity contribution in [2.45, 2.75) is 18.4 Å². The van der Waals surface area contributed by atoms with E-state index in [0.29, 0.717) is 0 Å². The van der Waals surface area contributed by atoms with Crippen molar-refractivity contribution in [2.75, 3.05) is 5.75 Å². The van der Waals surface area contributed by atoms with Crippen LogP contribution < -0.4 is 0 Å². The van der Waals surface area contributed by atoms with Gasteiger partial charge in [-0.25, -0.2) is 0 Å². The Balaban J connectivity index is 3.49. The largest absolute Gasteiger partial charge is 0.138 e. The minimum absolute atomic E-state index is 0.150. The lowest BCUT2D eigenvalue weighted by atomic mass is 10.4. The van der Waals surface area contributed by atoms with Crippen LogP contribution in [0.1, 0.15) is 13.8 Å². The van der Waals surface area contributed by atoms with Crippen LogP contribution in [-0.4, -0.2) is 10.3 Å². The van der Waals surface area contributed by atoms with Crippen LogP contribution in [0.25, 0.3) is 0 Å². The quantitative estimate of drug-likeness (QED) is 0.587. The van der Waals surface area contributed by atoms with Gasteiger partial charge in [-0.05, 0) is 13.8 Å². The minimum Gasteiger partial charge on any atom is -0.138 e. The smallest absolute Gasteiger partial charge is 0.0813 e. The Bertz CT molecular complexity index is 138. The molecule has 0 bridgehead atoms. The van der Waals surface area contributed by atoms with Crippen LogP contribution in [-0.2, 0) is 0 Å². The molecule has 1 atom stereocenters. The van der Waals surface area contributed by atoms with Gasteiger partial charge in [-0.15, -0.1) is 11.8 Å². The lowest BCUT2D eigenvalue weighted by molar-refractivity contribution is 1.36. The van der Waals surface area contributed by atoms with Crippen molar-refractivity contribution in [3.8, 4) is 0 Å². The van der Waals surface area contributed by atoms with Crippen LogP contribution in [0.5, 0.6) is 0 Å². The van der Waals surface area contributed by atoms with E-state index in [0.717, 1.165) is 11.3 Å². The fourth-order valence-electron chi connectivity index (χ4n) is 0.360. The first-order chi connectivity index (χ1) is 4.54. The highest BCUT2D eigenvalue weighted by atomic mass is 32.2. The molecule has 10 heavy (non-hydrogen) atoms. The van der Waals surface area contributed by atoms with E-state index >= 15 is 0 Å². The molecule has 1 radical (unpaired) electrons. The summed E-state index contributed by atoms with van der Waals surface area (Å²) in [6, 6.07) is 0. The van der Waals surface area contributed by atoms with E-state index in [1.165, 1.54) is 5.57 Å². The maximum atomic E-state index is 5.10. The predicted molar refractivity (Wildman–Crippen MR) is 53.5 cm³/mol. The van der Waals surface area contributed by atoms with E-state index in [9.17, 15) is 0 Å². The van der Waals surface area contributed by atoms with Crippen LogP contribution in [0.4, 0.5) is 0 Å². The predicted octanol–water partition coefficient (Wildman–Crippen LogP) is 3.40. The van der Waals surface area contributed by atoms with Crippen molar-refractivity contribution in [2.24, 2.45) is 0 Å². The molecular weight excluding hydrogens is 160 g/mol. The number of thioether (sulfide) groups is 1. The molecule has 0 aliphatic rings. The van der Waals surface area contributed by atoms with Gasteiger partial charge in [-0.1, -0.05) is 36.9 Å². The summed E-state index contributed by atoms with van der Waals surface area (Å²) in [6.07, 6.45) is 0. The van der Waals surface area contributed by atoms with Crippen LogP contribution in [0, 0.1) is 0 Å². The molecule has 57 valence electrons. The van der Waals surface area contributed by atoms with Gasteiger partial charge in [-0.3, -0.25) is 0 Å². The van der Waals surface area contributed by atoms with Crippen molar-refractivity contribution >= 4 is 24.4 Å². The minimum atomic E-state index is 0.150. The third-order valence-corrected chi connectivity index (χ3v) is 3.06. The second-order valence-electron chi connectivity index (χ2n) is 2.45. The topological polar surface area (TPSA) is 0 Å². The molecule has 0 rings (SSSR count). The molecule has 1 unspecified atom stereocenters. The molecule has 0 heterocycles. The van der Waals surface area contributed by atoms with E-state index < -0.39 is 0 Å². The van der Waals surface area contributed by atoms with Gasteiger partial charge in [-0.2, -0.15) is 0 Å². The average Bonchev–Trinajstić information content (AvgIpc) is 1.82. The van der Waals surface area contributed by atoms with Gasteiger partial charge in [0, 0.05) is 5.75 Å². The SMILES string of the molecule is C=C(C)CSC([S])C(=C)C. The molecule has 0 N–H and O–H groups in total. The highest BCUT2D eigenvalue weighted by Crippen LogP contribution is 2.22. The van der Waals surface area contributed by atoms with Crippen molar-refractivity contribution in [1.29, 1.82) is 0 Å². The monoisotopic (exact) mass is 173 g/mol. The second-order valence-corrected chi connectivity index (χ2v) is 4.31. The fraction of sp³-hybridized carbons (Fsp3) is 0.500. The molecule has 0 aromatic rings. The summed E-state index contributed by atoms with van der Waals surface area (Å²) in [5.74, 6) is 0.945. The standard InChI is InChI=1S/C8H13S2/c1-6(2)5-10-8(9)7(3)4/h8H,1,3,5H2,2,4H3. The first-order valence-corrected chi connectivity index (χ1v) is 4.63. The van der Waals surface area contributed by atoms with Crippen molar-refractivity contribution in [3.63, 3.8) is 0 Å². The van der Waals surface area contributed by atoms with E-state index in [2.05, 4.69) is 13.2 Å². The Morgan fingerprint density at radius 2 is 2.00 bits per heavy atom. The van der Waals surface area contributed by atoms with Gasteiger partial charge in [0.25, 0.3) is 0 Å². The Kier molecular flexibility index (Phi) is 5.00. The van der Waals surface area contributed by atoms with E-state index in [-0.39, 0.29) is 4.58 Å². The zero-order valence-corrected chi connectivity index (χ0v) is 8.15. The Labute approximate surface area is 73.2 Å². The Morgan fingerprint density at radius 3 is 2.30 bits per heavy atom. The van der Waals surface area contributed by atoms with Crippen LogP contribution in [0.3, 0.4) is 0 Å². The highest BCUT2D eigenvalue weighted by Gasteiger charge is 2.03. The van der Waals surface area contributed by atoms with Crippen molar-refractivity contribution in [1.82, 2.24) is 0 Å². The summed E-state index contributed by atoms with van der Waals surface area (Å²) in [6.45, 7) is 11.5. The highest BCUT2D eigenvalue weighted by molar-refractivity contribution is 8.10. The lowest BCUT2D eigenvalue weighted by Crippen LogP contribution is -1.94. The third kappa shape index (κ3) is 5.00. The lowest BCUT2D eigenvalue weighted by Gasteiger charge is -2.07. The zero-order valence-electron chi connectivity index (χ0n) is 6.52. The van der Waals surface area contributed by atoms with Gasteiger partial charge in [0.2, 0.25) is 0 Å². The average molecular weight is 173 g/mol. The zero-order chi connectivity index (χ0) is 8.15. The summed E-state index contributed by atoms with van der Waals surface area (Å²) in [7, 11) is 0. The molecule has 0 nitrogen and oxygen atoms in total. The Morgan fingerprint density at radius 1 is 1.50 bits per heavy atom. The molecule has 0 spiro atoms. The summed E-state index contributed by atoms with van der Waals surface area (Å²) in [5, 5.41) is 0. The Hall–Kier alpha value is 0.180. The fourth-order valence-corrected chi connectivity index (χ4v) is 1.28. The molecule has 0 saturated carbocycles.